The van der Waals surface area contributed by atoms with Gasteiger partial charge in [-0.2, -0.15) is 0 Å². The molecule has 0 saturated carbocycles. The van der Waals surface area contributed by atoms with Crippen molar-refractivity contribution in [3.63, 3.8) is 0 Å². The SMILES string of the molecule is CCCCCC#CC[N+](C)(C)C=C(C)C. The first-order valence-corrected chi connectivity index (χ1v) is 5.92. The Kier molecular flexibility index (Phi) is 7.17. The van der Waals surface area contributed by atoms with Crippen LogP contribution < -0.4 is 0 Å². The van der Waals surface area contributed by atoms with Crippen molar-refractivity contribution in [2.45, 2.75) is 46.5 Å². The van der Waals surface area contributed by atoms with Gasteiger partial charge in [-0.1, -0.05) is 25.7 Å². The van der Waals surface area contributed by atoms with Gasteiger partial charge < -0.3 is 0 Å². The van der Waals surface area contributed by atoms with Crippen molar-refractivity contribution < 1.29 is 4.48 Å². The third kappa shape index (κ3) is 9.56. The summed E-state index contributed by atoms with van der Waals surface area (Å²) in [5.41, 5.74) is 1.35. The normalized spacial score (nSPS) is 10.5. The number of hydrogen-bond acceptors (Lipinski definition) is 0. The minimum absolute atomic E-state index is 0.864. The van der Waals surface area contributed by atoms with Crippen LogP contribution in [0.1, 0.15) is 46.5 Å². The van der Waals surface area contributed by atoms with Crippen LogP contribution in [-0.2, 0) is 0 Å². The third-order valence-corrected chi connectivity index (χ3v) is 2.12. The molecule has 15 heavy (non-hydrogen) atoms. The first-order chi connectivity index (χ1) is 6.98. The monoisotopic (exact) mass is 208 g/mol. The van der Waals surface area contributed by atoms with E-state index >= 15 is 0 Å². The Morgan fingerprint density at radius 2 is 1.80 bits per heavy atom. The molecule has 0 atom stereocenters. The van der Waals surface area contributed by atoms with E-state index in [0.29, 0.717) is 0 Å². The maximum atomic E-state index is 3.27. The summed E-state index contributed by atoms with van der Waals surface area (Å²) < 4.78 is 0.864. The molecule has 0 aromatic carbocycles. The lowest BCUT2D eigenvalue weighted by atomic mass is 10.2. The molecule has 0 aliphatic rings. The van der Waals surface area contributed by atoms with Crippen LogP contribution >= 0.6 is 0 Å². The Hall–Kier alpha value is -0.740. The van der Waals surface area contributed by atoms with E-state index in [1.165, 1.54) is 24.8 Å². The second kappa shape index (κ2) is 7.54. The summed E-state index contributed by atoms with van der Waals surface area (Å²) in [7, 11) is 4.38. The number of rotatable bonds is 5. The van der Waals surface area contributed by atoms with E-state index in [2.05, 4.69) is 52.9 Å². The first-order valence-electron chi connectivity index (χ1n) is 5.92. The molecule has 1 heteroatoms. The first kappa shape index (κ1) is 14.3. The van der Waals surface area contributed by atoms with Crippen LogP contribution in [-0.4, -0.2) is 25.1 Å². The molecule has 0 N–H and O–H groups in total. The van der Waals surface area contributed by atoms with Gasteiger partial charge in [0.05, 0.1) is 20.3 Å². The zero-order chi connectivity index (χ0) is 11.7. The van der Waals surface area contributed by atoms with Gasteiger partial charge in [0.2, 0.25) is 0 Å². The van der Waals surface area contributed by atoms with Crippen molar-refractivity contribution >= 4 is 0 Å². The van der Waals surface area contributed by atoms with Crippen LogP contribution in [0.2, 0.25) is 0 Å². The van der Waals surface area contributed by atoms with Crippen LogP contribution in [0.3, 0.4) is 0 Å². The summed E-state index contributed by atoms with van der Waals surface area (Å²) in [6.07, 6.45) is 7.14. The molecular formula is C14H26N+. The zero-order valence-corrected chi connectivity index (χ0v) is 11.1. The second-order valence-corrected chi connectivity index (χ2v) is 4.95. The zero-order valence-electron chi connectivity index (χ0n) is 11.1. The molecule has 1 nitrogen and oxygen atoms in total. The molecule has 0 aromatic rings. The molecule has 0 spiro atoms. The number of allylic oxidation sites excluding steroid dienone is 1. The lowest BCUT2D eigenvalue weighted by Gasteiger charge is -2.22. The lowest BCUT2D eigenvalue weighted by molar-refractivity contribution is -0.831. The molecule has 0 heterocycles. The Morgan fingerprint density at radius 3 is 2.33 bits per heavy atom. The minimum atomic E-state index is 0.864. The van der Waals surface area contributed by atoms with Crippen LogP contribution in [0, 0.1) is 11.8 Å². The average molecular weight is 208 g/mol. The standard InChI is InChI=1S/C14H26N/c1-6-7-8-9-10-11-12-15(4,5)13-14(2)3/h13H,6-9,12H2,1-5H3/q+1. The van der Waals surface area contributed by atoms with E-state index in [1.54, 1.807) is 0 Å². The topological polar surface area (TPSA) is 0 Å². The molecule has 0 aliphatic carbocycles. The highest BCUT2D eigenvalue weighted by molar-refractivity contribution is 5.00. The second-order valence-electron chi connectivity index (χ2n) is 4.95. The molecule has 0 aromatic heterocycles. The van der Waals surface area contributed by atoms with E-state index in [-0.39, 0.29) is 0 Å². The number of quaternary nitrogens is 1. The molecule has 0 bridgehead atoms. The van der Waals surface area contributed by atoms with Gasteiger partial charge >= 0.3 is 0 Å². The van der Waals surface area contributed by atoms with Gasteiger partial charge in [0, 0.05) is 6.42 Å². The quantitative estimate of drug-likeness (QED) is 0.368. The molecule has 0 fully saturated rings. The highest BCUT2D eigenvalue weighted by atomic mass is 15.3. The van der Waals surface area contributed by atoms with Gasteiger partial charge in [0.15, 0.2) is 0 Å². The van der Waals surface area contributed by atoms with Gasteiger partial charge in [-0.05, 0) is 31.8 Å². The molecule has 0 aliphatic heterocycles. The molecule has 0 saturated heterocycles. The Labute approximate surface area is 95.8 Å². The fraction of sp³-hybridized carbons (Fsp3) is 0.714. The van der Waals surface area contributed by atoms with Crippen LogP contribution in [0.5, 0.6) is 0 Å². The number of hydrogen-bond donors (Lipinski definition) is 0. The van der Waals surface area contributed by atoms with Crippen molar-refractivity contribution in [2.24, 2.45) is 0 Å². The molecular weight excluding hydrogens is 182 g/mol. The highest BCUT2D eigenvalue weighted by Gasteiger charge is 2.08. The van der Waals surface area contributed by atoms with E-state index in [4.69, 9.17) is 0 Å². The van der Waals surface area contributed by atoms with Gasteiger partial charge in [0.25, 0.3) is 0 Å². The number of nitrogens with zero attached hydrogens (tertiary/aromatic N) is 1. The van der Waals surface area contributed by atoms with Gasteiger partial charge in [-0.25, -0.2) is 0 Å². The smallest absolute Gasteiger partial charge is 0.144 e. The van der Waals surface area contributed by atoms with E-state index in [9.17, 15) is 0 Å². The molecule has 0 radical (unpaired) electrons. The third-order valence-electron chi connectivity index (χ3n) is 2.12. The van der Waals surface area contributed by atoms with Gasteiger partial charge in [0.1, 0.15) is 6.54 Å². The predicted molar refractivity (Wildman–Crippen MR) is 68.3 cm³/mol. The average Bonchev–Trinajstić information content (AvgIpc) is 2.08. The maximum Gasteiger partial charge on any atom is 0.144 e. The highest BCUT2D eigenvalue weighted by Crippen LogP contribution is 2.02. The van der Waals surface area contributed by atoms with Crippen molar-refractivity contribution in [3.05, 3.63) is 11.8 Å². The number of unbranched alkanes of at least 4 members (excludes halogenated alkanes) is 3. The minimum Gasteiger partial charge on any atom is -0.292 e. The fourth-order valence-electron chi connectivity index (χ4n) is 1.56. The van der Waals surface area contributed by atoms with E-state index < -0.39 is 0 Å². The van der Waals surface area contributed by atoms with Gasteiger partial charge in [-0.15, -0.1) is 0 Å². The largest absolute Gasteiger partial charge is 0.292 e. The van der Waals surface area contributed by atoms with E-state index in [0.717, 1.165) is 17.4 Å². The summed E-state index contributed by atoms with van der Waals surface area (Å²) in [5, 5.41) is 0. The van der Waals surface area contributed by atoms with Crippen LogP contribution in [0.15, 0.2) is 11.8 Å². The Balaban J connectivity index is 3.87. The maximum absolute atomic E-state index is 3.27. The molecule has 0 unspecified atom stereocenters. The van der Waals surface area contributed by atoms with Crippen LogP contribution in [0.4, 0.5) is 0 Å². The van der Waals surface area contributed by atoms with Crippen molar-refractivity contribution in [1.29, 1.82) is 0 Å². The van der Waals surface area contributed by atoms with Gasteiger partial charge in [-0.3, -0.25) is 4.48 Å². The molecule has 0 amide bonds. The fourth-order valence-corrected chi connectivity index (χ4v) is 1.56. The van der Waals surface area contributed by atoms with Crippen molar-refractivity contribution in [1.82, 2.24) is 0 Å². The Bertz CT molecular complexity index is 246. The van der Waals surface area contributed by atoms with Crippen molar-refractivity contribution in [3.8, 4) is 11.8 Å². The molecule has 0 rings (SSSR count). The summed E-state index contributed by atoms with van der Waals surface area (Å²) in [5.74, 6) is 6.52. The summed E-state index contributed by atoms with van der Waals surface area (Å²) in [4.78, 5) is 0. The van der Waals surface area contributed by atoms with Crippen molar-refractivity contribution in [2.75, 3.05) is 20.6 Å². The van der Waals surface area contributed by atoms with E-state index in [1.807, 2.05) is 0 Å². The van der Waals surface area contributed by atoms with Crippen LogP contribution in [0.25, 0.3) is 0 Å². The lowest BCUT2D eigenvalue weighted by Crippen LogP contribution is -2.33. The summed E-state index contributed by atoms with van der Waals surface area (Å²) in [6, 6.07) is 0. The summed E-state index contributed by atoms with van der Waals surface area (Å²) in [6.45, 7) is 7.41. The molecule has 86 valence electrons. The Morgan fingerprint density at radius 1 is 1.13 bits per heavy atom. The predicted octanol–water partition coefficient (Wildman–Crippen LogP) is 3.57. The summed E-state index contributed by atoms with van der Waals surface area (Å²) >= 11 is 0.